The zero-order chi connectivity index (χ0) is 22.5. The molecular weight excluding hydrogens is 418 g/mol. The SMILES string of the molecule is O=c1c(NCCN2CCOCC2)nc2ccc(-c3cncnc3)nc2n1CC1CCCCC1. The van der Waals surface area contributed by atoms with Gasteiger partial charge in [0.2, 0.25) is 0 Å². The Bertz CT molecular complexity index is 1120. The predicted molar refractivity (Wildman–Crippen MR) is 127 cm³/mol. The van der Waals surface area contributed by atoms with E-state index >= 15 is 0 Å². The molecule has 3 aromatic rings. The van der Waals surface area contributed by atoms with Crippen LogP contribution in [-0.4, -0.2) is 68.8 Å². The number of nitrogens with zero attached hydrogens (tertiary/aromatic N) is 6. The Balaban J connectivity index is 1.46. The Morgan fingerprint density at radius 1 is 1.03 bits per heavy atom. The third-order valence-electron chi connectivity index (χ3n) is 6.64. The molecule has 0 amide bonds. The highest BCUT2D eigenvalue weighted by molar-refractivity contribution is 5.76. The summed E-state index contributed by atoms with van der Waals surface area (Å²) >= 11 is 0. The molecule has 0 unspecified atom stereocenters. The number of anilines is 1. The van der Waals surface area contributed by atoms with Crippen molar-refractivity contribution in [3.63, 3.8) is 0 Å². The van der Waals surface area contributed by atoms with Crippen LogP contribution in [0.1, 0.15) is 32.1 Å². The summed E-state index contributed by atoms with van der Waals surface area (Å²) in [6.07, 6.45) is 11.0. The highest BCUT2D eigenvalue weighted by Crippen LogP contribution is 2.26. The number of aromatic nitrogens is 5. The van der Waals surface area contributed by atoms with Gasteiger partial charge in [-0.15, -0.1) is 0 Å². The molecule has 0 radical (unpaired) electrons. The Morgan fingerprint density at radius 3 is 2.61 bits per heavy atom. The van der Waals surface area contributed by atoms with Crippen molar-refractivity contribution in [1.82, 2.24) is 29.4 Å². The number of fused-ring (bicyclic) bond motifs is 1. The number of hydrogen-bond acceptors (Lipinski definition) is 8. The lowest BCUT2D eigenvalue weighted by atomic mass is 9.89. The molecule has 1 aliphatic carbocycles. The van der Waals surface area contributed by atoms with Gasteiger partial charge in [0.1, 0.15) is 11.8 Å². The molecule has 5 rings (SSSR count). The van der Waals surface area contributed by atoms with Crippen LogP contribution in [0.15, 0.2) is 35.6 Å². The first-order valence-electron chi connectivity index (χ1n) is 12.0. The van der Waals surface area contributed by atoms with Crippen molar-refractivity contribution >= 4 is 17.0 Å². The zero-order valence-corrected chi connectivity index (χ0v) is 18.9. The van der Waals surface area contributed by atoms with E-state index in [-0.39, 0.29) is 5.56 Å². The van der Waals surface area contributed by atoms with Gasteiger partial charge < -0.3 is 10.1 Å². The van der Waals surface area contributed by atoms with E-state index in [0.29, 0.717) is 30.5 Å². The average Bonchev–Trinajstić information content (AvgIpc) is 2.88. The fourth-order valence-corrected chi connectivity index (χ4v) is 4.78. The van der Waals surface area contributed by atoms with E-state index in [1.54, 1.807) is 12.4 Å². The quantitative estimate of drug-likeness (QED) is 0.588. The van der Waals surface area contributed by atoms with Crippen LogP contribution in [0.4, 0.5) is 5.82 Å². The standard InChI is InChI=1S/C24H31N7O2/c32-24-22(27-8-9-30-10-12-33-13-11-30)28-21-7-6-20(19-14-25-17-26-15-19)29-23(21)31(24)16-18-4-2-1-3-5-18/h6-7,14-15,17-18H,1-5,8-13,16H2,(H,27,28). The molecule has 1 saturated carbocycles. The molecule has 2 fully saturated rings. The number of rotatable bonds is 7. The number of nitrogens with one attached hydrogen (secondary N) is 1. The van der Waals surface area contributed by atoms with E-state index in [1.807, 2.05) is 16.7 Å². The van der Waals surface area contributed by atoms with Gasteiger partial charge in [-0.05, 0) is 30.9 Å². The topological polar surface area (TPSA) is 98.1 Å². The minimum atomic E-state index is -0.0935. The third kappa shape index (κ3) is 5.20. The van der Waals surface area contributed by atoms with Crippen LogP contribution in [0.3, 0.4) is 0 Å². The predicted octanol–water partition coefficient (Wildman–Crippen LogP) is 2.57. The van der Waals surface area contributed by atoms with Crippen LogP contribution in [0, 0.1) is 5.92 Å². The number of pyridine rings is 1. The molecule has 9 nitrogen and oxygen atoms in total. The van der Waals surface area contributed by atoms with Crippen molar-refractivity contribution in [3.8, 4) is 11.3 Å². The minimum Gasteiger partial charge on any atom is -0.379 e. The molecule has 0 spiro atoms. The normalized spacial score (nSPS) is 17.9. The number of ether oxygens (including phenoxy) is 1. The minimum absolute atomic E-state index is 0.0935. The van der Waals surface area contributed by atoms with Crippen LogP contribution < -0.4 is 10.9 Å². The van der Waals surface area contributed by atoms with E-state index in [9.17, 15) is 4.79 Å². The fourth-order valence-electron chi connectivity index (χ4n) is 4.78. The third-order valence-corrected chi connectivity index (χ3v) is 6.64. The maximum Gasteiger partial charge on any atom is 0.294 e. The van der Waals surface area contributed by atoms with Crippen molar-refractivity contribution in [2.75, 3.05) is 44.7 Å². The lowest BCUT2D eigenvalue weighted by molar-refractivity contribution is 0.0398. The van der Waals surface area contributed by atoms with Crippen LogP contribution in [0.5, 0.6) is 0 Å². The van der Waals surface area contributed by atoms with Gasteiger partial charge in [-0.2, -0.15) is 0 Å². The molecule has 4 heterocycles. The molecule has 0 aromatic carbocycles. The summed E-state index contributed by atoms with van der Waals surface area (Å²) in [7, 11) is 0. The molecule has 0 bridgehead atoms. The fraction of sp³-hybridized carbons (Fsp3) is 0.542. The lowest BCUT2D eigenvalue weighted by Crippen LogP contribution is -2.39. The number of hydrogen-bond donors (Lipinski definition) is 1. The first kappa shape index (κ1) is 21.9. The van der Waals surface area contributed by atoms with E-state index < -0.39 is 0 Å². The summed E-state index contributed by atoms with van der Waals surface area (Å²) in [6, 6.07) is 3.86. The molecule has 33 heavy (non-hydrogen) atoms. The maximum absolute atomic E-state index is 13.5. The summed E-state index contributed by atoms with van der Waals surface area (Å²) in [5.74, 6) is 0.901. The second kappa shape index (κ2) is 10.4. The molecule has 1 N–H and O–H groups in total. The highest BCUT2D eigenvalue weighted by Gasteiger charge is 2.19. The molecular formula is C24H31N7O2. The zero-order valence-electron chi connectivity index (χ0n) is 18.9. The summed E-state index contributed by atoms with van der Waals surface area (Å²) in [5.41, 5.74) is 2.83. The molecule has 1 aliphatic heterocycles. The van der Waals surface area contributed by atoms with Gasteiger partial charge in [0, 0.05) is 50.7 Å². The Labute approximate surface area is 193 Å². The first-order chi connectivity index (χ1) is 16.3. The van der Waals surface area contributed by atoms with Gasteiger partial charge in [0.15, 0.2) is 11.5 Å². The van der Waals surface area contributed by atoms with Gasteiger partial charge in [-0.3, -0.25) is 14.3 Å². The molecule has 1 saturated heterocycles. The smallest absolute Gasteiger partial charge is 0.294 e. The van der Waals surface area contributed by atoms with Crippen molar-refractivity contribution in [2.24, 2.45) is 5.92 Å². The van der Waals surface area contributed by atoms with Crippen LogP contribution in [0.25, 0.3) is 22.4 Å². The van der Waals surface area contributed by atoms with Crippen molar-refractivity contribution in [2.45, 2.75) is 38.6 Å². The van der Waals surface area contributed by atoms with Crippen molar-refractivity contribution in [1.29, 1.82) is 0 Å². The van der Waals surface area contributed by atoms with Gasteiger partial charge in [0.05, 0.1) is 18.9 Å². The Kier molecular flexibility index (Phi) is 6.87. The monoisotopic (exact) mass is 449 g/mol. The van der Waals surface area contributed by atoms with Crippen LogP contribution in [0.2, 0.25) is 0 Å². The van der Waals surface area contributed by atoms with E-state index in [0.717, 1.165) is 62.5 Å². The average molecular weight is 450 g/mol. The van der Waals surface area contributed by atoms with E-state index in [4.69, 9.17) is 9.72 Å². The second-order valence-corrected chi connectivity index (χ2v) is 8.93. The summed E-state index contributed by atoms with van der Waals surface area (Å²) < 4.78 is 7.25. The van der Waals surface area contributed by atoms with Gasteiger partial charge in [0.25, 0.3) is 5.56 Å². The van der Waals surface area contributed by atoms with Crippen LogP contribution >= 0.6 is 0 Å². The second-order valence-electron chi connectivity index (χ2n) is 8.93. The van der Waals surface area contributed by atoms with Gasteiger partial charge in [-0.1, -0.05) is 19.3 Å². The van der Waals surface area contributed by atoms with Gasteiger partial charge >= 0.3 is 0 Å². The molecule has 0 atom stereocenters. The largest absolute Gasteiger partial charge is 0.379 e. The lowest BCUT2D eigenvalue weighted by Gasteiger charge is -2.26. The molecule has 9 heteroatoms. The summed E-state index contributed by atoms with van der Waals surface area (Å²) in [6.45, 7) is 5.59. The van der Waals surface area contributed by atoms with Crippen molar-refractivity contribution < 1.29 is 4.74 Å². The Hall–Kier alpha value is -2.91. The Morgan fingerprint density at radius 2 is 1.82 bits per heavy atom. The number of morpholine rings is 1. The summed E-state index contributed by atoms with van der Waals surface area (Å²) in [4.78, 5) is 33.6. The molecule has 2 aliphatic rings. The summed E-state index contributed by atoms with van der Waals surface area (Å²) in [5, 5.41) is 3.30. The van der Waals surface area contributed by atoms with Crippen LogP contribution in [-0.2, 0) is 11.3 Å². The van der Waals surface area contributed by atoms with E-state index in [2.05, 4.69) is 25.2 Å². The first-order valence-corrected chi connectivity index (χ1v) is 12.0. The highest BCUT2D eigenvalue weighted by atomic mass is 16.5. The van der Waals surface area contributed by atoms with Crippen molar-refractivity contribution in [3.05, 3.63) is 41.2 Å². The van der Waals surface area contributed by atoms with Gasteiger partial charge in [-0.25, -0.2) is 19.9 Å². The molecule has 3 aromatic heterocycles. The van der Waals surface area contributed by atoms with E-state index in [1.165, 1.54) is 25.6 Å². The molecule has 174 valence electrons. The maximum atomic E-state index is 13.5.